The number of benzene rings is 2. The van der Waals surface area contributed by atoms with Gasteiger partial charge >= 0.3 is 0 Å². The highest BCUT2D eigenvalue weighted by molar-refractivity contribution is 5.94. The van der Waals surface area contributed by atoms with E-state index in [9.17, 15) is 4.79 Å². The van der Waals surface area contributed by atoms with Gasteiger partial charge in [0.1, 0.15) is 18.0 Å². The zero-order valence-corrected chi connectivity index (χ0v) is 19.1. The number of rotatable bonds is 5. The maximum atomic E-state index is 12.9. The Hall–Kier alpha value is -3.97. The molecule has 0 aliphatic carbocycles. The Morgan fingerprint density at radius 2 is 1.82 bits per heavy atom. The first-order chi connectivity index (χ1) is 16.5. The van der Waals surface area contributed by atoms with E-state index >= 15 is 0 Å². The number of nitrogens with zero attached hydrogens (tertiary/aromatic N) is 3. The fourth-order valence-corrected chi connectivity index (χ4v) is 5.14. The van der Waals surface area contributed by atoms with Crippen LogP contribution in [0.1, 0.15) is 67.2 Å². The lowest BCUT2D eigenvalue weighted by molar-refractivity contribution is 0.0857. The van der Waals surface area contributed by atoms with Crippen molar-refractivity contribution >= 4 is 11.7 Å². The molecule has 2 aromatic heterocycles. The normalized spacial score (nSPS) is 17.5. The summed E-state index contributed by atoms with van der Waals surface area (Å²) in [7, 11) is 0. The van der Waals surface area contributed by atoms with Crippen LogP contribution in [-0.2, 0) is 17.8 Å². The van der Waals surface area contributed by atoms with Crippen LogP contribution in [0.5, 0.6) is 0 Å². The van der Waals surface area contributed by atoms with Crippen molar-refractivity contribution in [3.63, 3.8) is 0 Å². The minimum absolute atomic E-state index is 0.0872. The minimum atomic E-state index is -0.132. The van der Waals surface area contributed by atoms with Gasteiger partial charge in [0, 0.05) is 30.2 Å². The highest BCUT2D eigenvalue weighted by Gasteiger charge is 2.42. The first-order valence-corrected chi connectivity index (χ1v) is 11.4. The van der Waals surface area contributed by atoms with E-state index in [0.29, 0.717) is 17.9 Å². The van der Waals surface area contributed by atoms with Gasteiger partial charge in [-0.15, -0.1) is 0 Å². The van der Waals surface area contributed by atoms with E-state index in [1.165, 1.54) is 16.7 Å². The molecule has 0 saturated heterocycles. The largest absolute Gasteiger partial charge is 0.384 e. The van der Waals surface area contributed by atoms with Crippen molar-refractivity contribution in [2.75, 3.05) is 5.73 Å². The van der Waals surface area contributed by atoms with Gasteiger partial charge in [-0.3, -0.25) is 9.48 Å². The van der Waals surface area contributed by atoms with Crippen molar-refractivity contribution < 1.29 is 9.53 Å². The van der Waals surface area contributed by atoms with Gasteiger partial charge in [0.05, 0.1) is 6.54 Å². The Kier molecular flexibility index (Phi) is 4.74. The average Bonchev–Trinajstić information content (AvgIpc) is 3.54. The van der Waals surface area contributed by atoms with Gasteiger partial charge in [-0.2, -0.15) is 5.10 Å². The van der Waals surface area contributed by atoms with Crippen LogP contribution in [0.4, 0.5) is 5.82 Å². The number of anilines is 1. The third-order valence-electron chi connectivity index (χ3n) is 6.81. The van der Waals surface area contributed by atoms with Crippen molar-refractivity contribution in [1.82, 2.24) is 20.1 Å². The monoisotopic (exact) mass is 451 g/mol. The summed E-state index contributed by atoms with van der Waals surface area (Å²) in [4.78, 5) is 17.3. The van der Waals surface area contributed by atoms with Crippen molar-refractivity contribution in [3.05, 3.63) is 111 Å². The van der Waals surface area contributed by atoms with Crippen molar-refractivity contribution in [2.45, 2.75) is 39.1 Å². The maximum absolute atomic E-state index is 12.9. The van der Waals surface area contributed by atoms with Crippen molar-refractivity contribution in [2.24, 2.45) is 0 Å². The number of aromatic nitrogens is 3. The molecular formula is C27H25N5O2. The maximum Gasteiger partial charge on any atom is 0.251 e. The fraction of sp³-hybridized carbons (Fsp3) is 0.222. The van der Waals surface area contributed by atoms with Gasteiger partial charge in [0.15, 0.2) is 0 Å². The number of hydrogen-bond donors (Lipinski definition) is 2. The molecule has 2 aromatic carbocycles. The molecule has 0 radical (unpaired) electrons. The number of pyridine rings is 1. The Labute approximate surface area is 197 Å². The summed E-state index contributed by atoms with van der Waals surface area (Å²) >= 11 is 0. The minimum Gasteiger partial charge on any atom is -0.384 e. The third-order valence-corrected chi connectivity index (χ3v) is 6.81. The lowest BCUT2D eigenvalue weighted by atomic mass is 9.84. The molecular weight excluding hydrogens is 426 g/mol. The molecule has 2 atom stereocenters. The van der Waals surface area contributed by atoms with E-state index in [4.69, 9.17) is 10.5 Å². The lowest BCUT2D eigenvalue weighted by Crippen LogP contribution is -2.24. The molecule has 7 heteroatoms. The Morgan fingerprint density at radius 1 is 1.06 bits per heavy atom. The number of nitrogen functional groups attached to an aromatic ring is 1. The van der Waals surface area contributed by atoms with E-state index in [1.54, 1.807) is 6.20 Å². The average molecular weight is 452 g/mol. The Bertz CT molecular complexity index is 1400. The van der Waals surface area contributed by atoms with Crippen LogP contribution < -0.4 is 11.1 Å². The highest BCUT2D eigenvalue weighted by atomic mass is 16.5. The summed E-state index contributed by atoms with van der Waals surface area (Å²) in [6.45, 7) is 5.03. The van der Waals surface area contributed by atoms with Crippen LogP contribution in [0.15, 0.2) is 60.9 Å². The van der Waals surface area contributed by atoms with Crippen molar-refractivity contribution in [3.8, 4) is 0 Å². The first kappa shape index (κ1) is 20.6. The molecule has 1 amide bonds. The standard InChI is InChI=1S/C27H25N5O2/c1-15-10-24(28)31-16(2)23(15)13-29-27(33)18-5-7-20-22(12-18)26-19-6-4-17(11-21(19)25(20)34-26)14-32-9-3-8-30-32/h3-12,25-26H,13-14H2,1-2H3,(H2,28,31)(H,29,33)/t25-,26-/m1/s1. The number of amides is 1. The summed E-state index contributed by atoms with van der Waals surface area (Å²) in [5.74, 6) is 0.378. The number of carbonyl (C=O) groups is 1. The van der Waals surface area contributed by atoms with Gasteiger partial charge in [-0.25, -0.2) is 4.98 Å². The molecule has 0 saturated carbocycles. The molecule has 34 heavy (non-hydrogen) atoms. The summed E-state index contributed by atoms with van der Waals surface area (Å²) in [6, 6.07) is 16.1. The first-order valence-electron chi connectivity index (χ1n) is 11.4. The van der Waals surface area contributed by atoms with Gasteiger partial charge in [0.2, 0.25) is 0 Å². The molecule has 0 unspecified atom stereocenters. The predicted molar refractivity (Wildman–Crippen MR) is 128 cm³/mol. The third kappa shape index (κ3) is 3.36. The SMILES string of the molecule is Cc1cc(N)nc(C)c1CNC(=O)c1ccc2c(c1)[C@@H]1O[C@H]2c2cc(Cn3cccn3)ccc21. The van der Waals surface area contributed by atoms with Crippen LogP contribution in [0.3, 0.4) is 0 Å². The molecule has 6 rings (SSSR count). The quantitative estimate of drug-likeness (QED) is 0.479. The zero-order chi connectivity index (χ0) is 23.4. The number of aryl methyl sites for hydroxylation is 2. The molecule has 0 fully saturated rings. The second-order valence-corrected chi connectivity index (χ2v) is 9.02. The predicted octanol–water partition coefficient (Wildman–Crippen LogP) is 3.98. The van der Waals surface area contributed by atoms with Gasteiger partial charge < -0.3 is 15.8 Å². The zero-order valence-electron chi connectivity index (χ0n) is 19.1. The second-order valence-electron chi connectivity index (χ2n) is 9.02. The smallest absolute Gasteiger partial charge is 0.251 e. The molecule has 3 N–H and O–H groups in total. The Morgan fingerprint density at radius 3 is 2.56 bits per heavy atom. The van der Waals surface area contributed by atoms with Crippen LogP contribution in [-0.4, -0.2) is 20.7 Å². The molecule has 4 heterocycles. The van der Waals surface area contributed by atoms with Crippen LogP contribution in [0.2, 0.25) is 0 Å². The molecule has 4 aromatic rings. The van der Waals surface area contributed by atoms with Gasteiger partial charge in [-0.05, 0) is 77.1 Å². The fourth-order valence-electron chi connectivity index (χ4n) is 5.14. The summed E-state index contributed by atoms with van der Waals surface area (Å²) in [6.07, 6.45) is 3.53. The summed E-state index contributed by atoms with van der Waals surface area (Å²) in [5, 5.41) is 7.33. The number of carbonyl (C=O) groups excluding carboxylic acids is 1. The number of hydrogen-bond acceptors (Lipinski definition) is 5. The Balaban J connectivity index is 1.21. The van der Waals surface area contributed by atoms with Crippen LogP contribution in [0.25, 0.3) is 0 Å². The van der Waals surface area contributed by atoms with Crippen LogP contribution >= 0.6 is 0 Å². The van der Waals surface area contributed by atoms with E-state index < -0.39 is 0 Å². The molecule has 170 valence electrons. The molecule has 0 spiro atoms. The van der Waals surface area contributed by atoms with Gasteiger partial charge in [-0.1, -0.05) is 24.3 Å². The molecule has 2 aliphatic heterocycles. The number of nitrogens with one attached hydrogen (secondary N) is 1. The van der Waals surface area contributed by atoms with E-state index in [2.05, 4.69) is 33.6 Å². The number of ether oxygens (including phenoxy) is 1. The number of fused-ring (bicyclic) bond motifs is 8. The van der Waals surface area contributed by atoms with Crippen LogP contribution in [0, 0.1) is 13.8 Å². The summed E-state index contributed by atoms with van der Waals surface area (Å²) in [5.41, 5.74) is 15.1. The topological polar surface area (TPSA) is 95.1 Å². The van der Waals surface area contributed by atoms with Gasteiger partial charge in [0.25, 0.3) is 5.91 Å². The molecule has 2 bridgehead atoms. The number of nitrogens with two attached hydrogens (primary N) is 1. The molecule has 7 nitrogen and oxygen atoms in total. The van der Waals surface area contributed by atoms with Crippen molar-refractivity contribution in [1.29, 1.82) is 0 Å². The highest BCUT2D eigenvalue weighted by Crippen LogP contribution is 2.54. The molecule has 2 aliphatic rings. The van der Waals surface area contributed by atoms with E-state index in [-0.39, 0.29) is 18.1 Å². The summed E-state index contributed by atoms with van der Waals surface area (Å²) < 4.78 is 8.25. The van der Waals surface area contributed by atoms with E-state index in [1.807, 2.05) is 55.1 Å². The second kappa shape index (κ2) is 7.81. The van der Waals surface area contributed by atoms with E-state index in [0.717, 1.165) is 34.5 Å². The lowest BCUT2D eigenvalue weighted by Gasteiger charge is -2.18.